The Balaban J connectivity index is 0.000000934. The second kappa shape index (κ2) is 17.0. The van der Waals surface area contributed by atoms with E-state index in [0.717, 1.165) is 58.1 Å². The van der Waals surface area contributed by atoms with Gasteiger partial charge in [-0.1, -0.05) is 106 Å². The number of nitrogens with zero attached hydrogens (tertiary/aromatic N) is 2. The molecule has 0 heterocycles. The van der Waals surface area contributed by atoms with Crippen LogP contribution in [-0.4, -0.2) is 0 Å². The molecular formula is C41H44N2. The van der Waals surface area contributed by atoms with Gasteiger partial charge in [-0.25, -0.2) is 0 Å². The monoisotopic (exact) mass is 564 g/mol. The average molecular weight is 565 g/mol. The molecule has 0 radical (unpaired) electrons. The van der Waals surface area contributed by atoms with E-state index in [-0.39, 0.29) is 0 Å². The van der Waals surface area contributed by atoms with Crippen LogP contribution in [0.3, 0.4) is 0 Å². The van der Waals surface area contributed by atoms with Crippen LogP contribution in [0.1, 0.15) is 32.3 Å². The normalized spacial score (nSPS) is 10.8. The van der Waals surface area contributed by atoms with E-state index in [2.05, 4.69) is 153 Å². The lowest BCUT2D eigenvalue weighted by molar-refractivity contribution is 1.18. The van der Waals surface area contributed by atoms with Crippen LogP contribution in [0.15, 0.2) is 177 Å². The maximum absolute atomic E-state index is 4.19. The van der Waals surface area contributed by atoms with Crippen molar-refractivity contribution in [3.63, 3.8) is 0 Å². The molecule has 0 aliphatic heterocycles. The van der Waals surface area contributed by atoms with Crippen LogP contribution in [0.2, 0.25) is 0 Å². The van der Waals surface area contributed by atoms with Crippen molar-refractivity contribution < 1.29 is 0 Å². The minimum Gasteiger partial charge on any atom is -0.311 e. The first-order valence-corrected chi connectivity index (χ1v) is 14.8. The van der Waals surface area contributed by atoms with Crippen molar-refractivity contribution in [2.24, 2.45) is 0 Å². The third-order valence-electron chi connectivity index (χ3n) is 6.81. The van der Waals surface area contributed by atoms with E-state index >= 15 is 0 Å². The fourth-order valence-corrected chi connectivity index (χ4v) is 4.67. The summed E-state index contributed by atoms with van der Waals surface area (Å²) in [4.78, 5) is 4.33. The van der Waals surface area contributed by atoms with Gasteiger partial charge < -0.3 is 9.80 Å². The van der Waals surface area contributed by atoms with E-state index in [1.807, 2.05) is 37.3 Å². The van der Waals surface area contributed by atoms with Crippen LogP contribution < -0.4 is 9.80 Å². The van der Waals surface area contributed by atoms with Gasteiger partial charge in [-0.3, -0.25) is 0 Å². The van der Waals surface area contributed by atoms with Crippen LogP contribution in [0, 0.1) is 6.92 Å². The predicted molar refractivity (Wildman–Crippen MR) is 191 cm³/mol. The van der Waals surface area contributed by atoms with Crippen LogP contribution in [0.4, 0.5) is 22.7 Å². The molecule has 0 atom stereocenters. The molecule has 218 valence electrons. The molecule has 0 bridgehead atoms. The van der Waals surface area contributed by atoms with Gasteiger partial charge >= 0.3 is 0 Å². The summed E-state index contributed by atoms with van der Waals surface area (Å²) >= 11 is 0. The van der Waals surface area contributed by atoms with Gasteiger partial charge in [0.2, 0.25) is 0 Å². The Hall–Kier alpha value is -5.08. The second-order valence-electron chi connectivity index (χ2n) is 9.97. The topological polar surface area (TPSA) is 6.48 Å². The molecule has 0 unspecified atom stereocenters. The molecule has 0 saturated heterocycles. The van der Waals surface area contributed by atoms with Gasteiger partial charge in [-0.05, 0) is 104 Å². The molecule has 4 aromatic rings. The molecule has 0 spiro atoms. The highest BCUT2D eigenvalue weighted by Gasteiger charge is 2.14. The standard InChI is InChI=1S/C36H34N2.C5H10/c1-6-9-15-32(8-3)38(36-18-13-14-28(4)27-36)35-25-21-31(22-26-35)30-19-23-34(24-20-30)37(29(5)7-2)33-16-11-10-12-17-33;1-3-5-4-2/h6-8,10-27H,1-3,5,9H2,4H3;3,5H,4H2,1-2H3/b32-15+;5-3-. The number of anilines is 4. The third-order valence-corrected chi connectivity index (χ3v) is 6.81. The predicted octanol–water partition coefficient (Wildman–Crippen LogP) is 12.3. The average Bonchev–Trinajstić information content (AvgIpc) is 3.05. The molecule has 2 heteroatoms. The number of rotatable bonds is 12. The summed E-state index contributed by atoms with van der Waals surface area (Å²) in [5.41, 5.74) is 9.61. The van der Waals surface area contributed by atoms with Crippen LogP contribution in [0.5, 0.6) is 0 Å². The highest BCUT2D eigenvalue weighted by Crippen LogP contribution is 2.35. The van der Waals surface area contributed by atoms with Gasteiger partial charge in [0, 0.05) is 34.1 Å². The van der Waals surface area contributed by atoms with Crippen LogP contribution in [-0.2, 0) is 0 Å². The fourth-order valence-electron chi connectivity index (χ4n) is 4.67. The molecule has 0 saturated carbocycles. The van der Waals surface area contributed by atoms with Crippen molar-refractivity contribution in [1.29, 1.82) is 0 Å². The maximum Gasteiger partial charge on any atom is 0.0464 e. The summed E-state index contributed by atoms with van der Waals surface area (Å²) in [6.45, 7) is 22.3. The van der Waals surface area contributed by atoms with Crippen LogP contribution >= 0.6 is 0 Å². The second-order valence-corrected chi connectivity index (χ2v) is 9.97. The van der Waals surface area contributed by atoms with Gasteiger partial charge in [-0.2, -0.15) is 0 Å². The number of benzene rings is 4. The van der Waals surface area contributed by atoms with Crippen molar-refractivity contribution in [3.8, 4) is 11.1 Å². The zero-order chi connectivity index (χ0) is 31.0. The quantitative estimate of drug-likeness (QED) is 0.125. The van der Waals surface area contributed by atoms with E-state index in [4.69, 9.17) is 0 Å². The van der Waals surface area contributed by atoms with Crippen molar-refractivity contribution in [1.82, 2.24) is 0 Å². The van der Waals surface area contributed by atoms with Crippen molar-refractivity contribution in [2.75, 3.05) is 9.80 Å². The highest BCUT2D eigenvalue weighted by molar-refractivity contribution is 5.76. The van der Waals surface area contributed by atoms with Crippen molar-refractivity contribution in [3.05, 3.63) is 183 Å². The van der Waals surface area contributed by atoms with Crippen molar-refractivity contribution >= 4 is 22.7 Å². The zero-order valence-electron chi connectivity index (χ0n) is 25.9. The summed E-state index contributed by atoms with van der Waals surface area (Å²) in [5.74, 6) is 0. The Morgan fingerprint density at radius 2 is 1.23 bits per heavy atom. The number of allylic oxidation sites excluding steroid dienone is 6. The summed E-state index contributed by atoms with van der Waals surface area (Å²) in [7, 11) is 0. The molecule has 0 aliphatic carbocycles. The summed E-state index contributed by atoms with van der Waals surface area (Å²) in [6.07, 6.45) is 13.8. The number of hydrogen-bond donors (Lipinski definition) is 0. The van der Waals surface area contributed by atoms with Gasteiger partial charge in [-0.15, -0.1) is 6.58 Å². The molecule has 0 aromatic heterocycles. The molecule has 43 heavy (non-hydrogen) atoms. The first-order valence-electron chi connectivity index (χ1n) is 14.8. The van der Waals surface area contributed by atoms with Gasteiger partial charge in [0.1, 0.15) is 0 Å². The minimum absolute atomic E-state index is 0.770. The molecule has 0 fully saturated rings. The van der Waals surface area contributed by atoms with E-state index < -0.39 is 0 Å². The first-order chi connectivity index (χ1) is 21.0. The molecular weight excluding hydrogens is 520 g/mol. The smallest absolute Gasteiger partial charge is 0.0464 e. The fraction of sp³-hybridized carbons (Fsp3) is 0.122. The molecule has 0 aliphatic rings. The van der Waals surface area contributed by atoms with E-state index in [1.165, 1.54) is 5.56 Å². The third kappa shape index (κ3) is 8.95. The van der Waals surface area contributed by atoms with Gasteiger partial charge in [0.15, 0.2) is 0 Å². The lowest BCUT2D eigenvalue weighted by Crippen LogP contribution is -2.15. The van der Waals surface area contributed by atoms with Crippen LogP contribution in [0.25, 0.3) is 11.1 Å². The molecule has 4 rings (SSSR count). The molecule has 2 nitrogen and oxygen atoms in total. The Morgan fingerprint density at radius 1 is 0.674 bits per heavy atom. The van der Waals surface area contributed by atoms with E-state index in [0.29, 0.717) is 0 Å². The van der Waals surface area contributed by atoms with Crippen molar-refractivity contribution in [2.45, 2.75) is 33.6 Å². The lowest BCUT2D eigenvalue weighted by atomic mass is 10.0. The van der Waals surface area contributed by atoms with Gasteiger partial charge in [0.25, 0.3) is 0 Å². The summed E-state index contributed by atoms with van der Waals surface area (Å²) < 4.78 is 0. The summed E-state index contributed by atoms with van der Waals surface area (Å²) in [6, 6.07) is 35.9. The Kier molecular flexibility index (Phi) is 12.8. The minimum atomic E-state index is 0.770. The molecule has 4 aromatic carbocycles. The highest BCUT2D eigenvalue weighted by atomic mass is 15.1. The Labute approximate surface area is 259 Å². The Bertz CT molecular complexity index is 1540. The number of hydrogen-bond acceptors (Lipinski definition) is 2. The Morgan fingerprint density at radius 3 is 1.70 bits per heavy atom. The number of para-hydroxylation sites is 1. The number of aryl methyl sites for hydroxylation is 1. The summed E-state index contributed by atoms with van der Waals surface area (Å²) in [5, 5.41) is 0. The molecule has 0 amide bonds. The molecule has 0 N–H and O–H groups in total. The first kappa shape index (κ1) is 32.4. The largest absolute Gasteiger partial charge is 0.311 e. The van der Waals surface area contributed by atoms with E-state index in [1.54, 1.807) is 6.08 Å². The van der Waals surface area contributed by atoms with Gasteiger partial charge in [0.05, 0.1) is 0 Å². The SMILES string of the molecule is C/C=C\CC.C=CC/C=C(\C=C)N(c1ccc(-c2ccc(N(C(=C)C=C)c3ccccc3)cc2)cc1)c1cccc(C)c1. The maximum atomic E-state index is 4.19. The zero-order valence-corrected chi connectivity index (χ0v) is 25.9. The van der Waals surface area contributed by atoms with E-state index in [9.17, 15) is 0 Å². The lowest BCUT2D eigenvalue weighted by Gasteiger charge is -2.27.